The summed E-state index contributed by atoms with van der Waals surface area (Å²) in [4.78, 5) is 47.7. The number of likely N-dealkylation sites (tertiary alicyclic amines) is 1. The van der Waals surface area contributed by atoms with Gasteiger partial charge < -0.3 is 10.2 Å². The quantitative estimate of drug-likeness (QED) is 0.814. The molecule has 0 spiro atoms. The Labute approximate surface area is 140 Å². The lowest BCUT2D eigenvalue weighted by molar-refractivity contribution is -0.139. The van der Waals surface area contributed by atoms with E-state index in [2.05, 4.69) is 15.3 Å². The SMILES string of the molecule is CC1(C)NC(=O)N(CC(=O)N2CCCC(c3cnccn3)C2)C1=O. The van der Waals surface area contributed by atoms with Crippen LogP contribution in [0.25, 0.3) is 0 Å². The first kappa shape index (κ1) is 16.4. The van der Waals surface area contributed by atoms with Crippen molar-refractivity contribution in [2.45, 2.75) is 38.1 Å². The summed E-state index contributed by atoms with van der Waals surface area (Å²) in [5, 5.41) is 2.58. The molecule has 4 amide bonds. The molecule has 128 valence electrons. The van der Waals surface area contributed by atoms with Crippen LogP contribution in [0.3, 0.4) is 0 Å². The fraction of sp³-hybridized carbons (Fsp3) is 0.562. The van der Waals surface area contributed by atoms with Crippen molar-refractivity contribution in [1.82, 2.24) is 25.1 Å². The molecule has 2 aliphatic heterocycles. The first-order valence-corrected chi connectivity index (χ1v) is 8.06. The molecule has 0 saturated carbocycles. The largest absolute Gasteiger partial charge is 0.340 e. The summed E-state index contributed by atoms with van der Waals surface area (Å²) in [5.41, 5.74) is -0.0901. The second kappa shape index (κ2) is 6.18. The lowest BCUT2D eigenvalue weighted by Crippen LogP contribution is -2.47. The molecule has 8 heteroatoms. The van der Waals surface area contributed by atoms with E-state index in [1.165, 1.54) is 0 Å². The summed E-state index contributed by atoms with van der Waals surface area (Å²) in [6.07, 6.45) is 6.79. The van der Waals surface area contributed by atoms with Gasteiger partial charge in [-0.15, -0.1) is 0 Å². The highest BCUT2D eigenvalue weighted by Crippen LogP contribution is 2.25. The average molecular weight is 331 g/mol. The van der Waals surface area contributed by atoms with Crippen LogP contribution in [0.2, 0.25) is 0 Å². The minimum Gasteiger partial charge on any atom is -0.340 e. The fourth-order valence-electron chi connectivity index (χ4n) is 3.16. The maximum absolute atomic E-state index is 12.5. The van der Waals surface area contributed by atoms with Crippen LogP contribution >= 0.6 is 0 Å². The van der Waals surface area contributed by atoms with E-state index < -0.39 is 11.6 Å². The van der Waals surface area contributed by atoms with Gasteiger partial charge in [0.25, 0.3) is 5.91 Å². The van der Waals surface area contributed by atoms with Crippen molar-refractivity contribution in [3.63, 3.8) is 0 Å². The second-order valence-electron chi connectivity index (χ2n) is 6.76. The maximum atomic E-state index is 12.5. The third-order valence-electron chi connectivity index (χ3n) is 4.51. The van der Waals surface area contributed by atoms with Crippen LogP contribution in [0.15, 0.2) is 18.6 Å². The van der Waals surface area contributed by atoms with Crippen LogP contribution in [-0.4, -0.2) is 62.8 Å². The highest BCUT2D eigenvalue weighted by Gasteiger charge is 2.45. The van der Waals surface area contributed by atoms with E-state index in [-0.39, 0.29) is 24.3 Å². The molecule has 1 unspecified atom stereocenters. The molecule has 1 aromatic rings. The first-order chi connectivity index (χ1) is 11.4. The molecular formula is C16H21N5O3. The molecule has 2 aliphatic rings. The number of carbonyl (C=O) groups excluding carboxylic acids is 3. The number of imide groups is 1. The van der Waals surface area contributed by atoms with Crippen LogP contribution in [-0.2, 0) is 9.59 Å². The number of hydrogen-bond donors (Lipinski definition) is 1. The van der Waals surface area contributed by atoms with E-state index in [4.69, 9.17) is 0 Å². The summed E-state index contributed by atoms with van der Waals surface area (Å²) in [7, 11) is 0. The van der Waals surface area contributed by atoms with Crippen molar-refractivity contribution in [2.75, 3.05) is 19.6 Å². The van der Waals surface area contributed by atoms with Crippen molar-refractivity contribution in [2.24, 2.45) is 0 Å². The minimum atomic E-state index is -0.957. The number of piperidine rings is 1. The van der Waals surface area contributed by atoms with Gasteiger partial charge in [0.15, 0.2) is 0 Å². The van der Waals surface area contributed by atoms with Gasteiger partial charge in [-0.2, -0.15) is 0 Å². The van der Waals surface area contributed by atoms with Gasteiger partial charge in [0, 0.05) is 37.6 Å². The number of nitrogens with zero attached hydrogens (tertiary/aromatic N) is 4. The van der Waals surface area contributed by atoms with Gasteiger partial charge in [0.2, 0.25) is 5.91 Å². The zero-order valence-electron chi connectivity index (χ0n) is 13.9. The zero-order valence-corrected chi connectivity index (χ0v) is 13.9. The summed E-state index contributed by atoms with van der Waals surface area (Å²) in [5.74, 6) is -0.455. The Morgan fingerprint density at radius 2 is 2.17 bits per heavy atom. The Balaban J connectivity index is 1.65. The molecule has 0 aromatic carbocycles. The van der Waals surface area contributed by atoms with E-state index in [1.54, 1.807) is 37.3 Å². The molecule has 3 heterocycles. The Bertz CT molecular complexity index is 661. The third kappa shape index (κ3) is 3.08. The van der Waals surface area contributed by atoms with Crippen molar-refractivity contribution in [1.29, 1.82) is 0 Å². The van der Waals surface area contributed by atoms with E-state index in [0.29, 0.717) is 13.1 Å². The molecule has 1 N–H and O–H groups in total. The van der Waals surface area contributed by atoms with Gasteiger partial charge in [-0.1, -0.05) is 0 Å². The minimum absolute atomic E-state index is 0.135. The monoisotopic (exact) mass is 331 g/mol. The molecule has 3 rings (SSSR count). The van der Waals surface area contributed by atoms with Gasteiger partial charge in [0.05, 0.1) is 5.69 Å². The van der Waals surface area contributed by atoms with E-state index in [0.717, 1.165) is 23.4 Å². The van der Waals surface area contributed by atoms with Gasteiger partial charge in [-0.05, 0) is 26.7 Å². The molecule has 0 radical (unpaired) electrons. The first-order valence-electron chi connectivity index (χ1n) is 8.06. The van der Waals surface area contributed by atoms with Crippen LogP contribution in [0.5, 0.6) is 0 Å². The standard InChI is InChI=1S/C16H21N5O3/c1-16(2)14(23)21(15(24)19-16)10-13(22)20-7-3-4-11(9-20)12-8-17-5-6-18-12/h5-6,8,11H,3-4,7,9-10H2,1-2H3,(H,19,24). The number of aromatic nitrogens is 2. The normalized spacial score (nSPS) is 23.3. The molecule has 0 aliphatic carbocycles. The number of carbonyl (C=O) groups is 3. The number of urea groups is 1. The summed E-state index contributed by atoms with van der Waals surface area (Å²) in [6.45, 7) is 4.19. The van der Waals surface area contributed by atoms with Crippen LogP contribution in [0, 0.1) is 0 Å². The zero-order chi connectivity index (χ0) is 17.3. The van der Waals surface area contributed by atoms with E-state index in [9.17, 15) is 14.4 Å². The lowest BCUT2D eigenvalue weighted by Gasteiger charge is -2.33. The van der Waals surface area contributed by atoms with Gasteiger partial charge in [0.1, 0.15) is 12.1 Å². The van der Waals surface area contributed by atoms with Crippen molar-refractivity contribution >= 4 is 17.8 Å². The maximum Gasteiger partial charge on any atom is 0.325 e. The highest BCUT2D eigenvalue weighted by molar-refractivity contribution is 6.08. The van der Waals surface area contributed by atoms with Crippen LogP contribution in [0.1, 0.15) is 38.3 Å². The Hall–Kier alpha value is -2.51. The molecule has 8 nitrogen and oxygen atoms in total. The summed E-state index contributed by atoms with van der Waals surface area (Å²) < 4.78 is 0. The molecule has 24 heavy (non-hydrogen) atoms. The summed E-state index contributed by atoms with van der Waals surface area (Å²) in [6, 6.07) is -0.513. The molecule has 2 fully saturated rings. The molecular weight excluding hydrogens is 310 g/mol. The van der Waals surface area contributed by atoms with Crippen molar-refractivity contribution in [3.8, 4) is 0 Å². The lowest BCUT2D eigenvalue weighted by atomic mass is 9.95. The predicted octanol–water partition coefficient (Wildman–Crippen LogP) is 0.513. The Kier molecular flexibility index (Phi) is 4.21. The summed E-state index contributed by atoms with van der Waals surface area (Å²) >= 11 is 0. The van der Waals surface area contributed by atoms with E-state index >= 15 is 0 Å². The Morgan fingerprint density at radius 3 is 2.79 bits per heavy atom. The third-order valence-corrected chi connectivity index (χ3v) is 4.51. The second-order valence-corrected chi connectivity index (χ2v) is 6.76. The predicted molar refractivity (Wildman–Crippen MR) is 84.9 cm³/mol. The number of rotatable bonds is 3. The average Bonchev–Trinajstić information content (AvgIpc) is 2.77. The highest BCUT2D eigenvalue weighted by atomic mass is 16.2. The molecule has 1 atom stereocenters. The Morgan fingerprint density at radius 1 is 1.38 bits per heavy atom. The number of nitrogens with one attached hydrogen (secondary N) is 1. The van der Waals surface area contributed by atoms with Gasteiger partial charge in [-0.25, -0.2) is 4.79 Å². The molecule has 0 bridgehead atoms. The smallest absolute Gasteiger partial charge is 0.325 e. The van der Waals surface area contributed by atoms with Gasteiger partial charge >= 0.3 is 6.03 Å². The van der Waals surface area contributed by atoms with Crippen molar-refractivity contribution < 1.29 is 14.4 Å². The molecule has 1 aromatic heterocycles. The van der Waals surface area contributed by atoms with Crippen molar-refractivity contribution in [3.05, 3.63) is 24.3 Å². The number of hydrogen-bond acceptors (Lipinski definition) is 5. The van der Waals surface area contributed by atoms with Crippen LogP contribution in [0.4, 0.5) is 4.79 Å². The van der Waals surface area contributed by atoms with E-state index in [1.807, 2.05) is 0 Å². The topological polar surface area (TPSA) is 95.5 Å². The van der Waals surface area contributed by atoms with Gasteiger partial charge in [-0.3, -0.25) is 24.5 Å². The molecule has 2 saturated heterocycles. The fourth-order valence-corrected chi connectivity index (χ4v) is 3.16. The number of amides is 4. The van der Waals surface area contributed by atoms with Crippen LogP contribution < -0.4 is 5.32 Å².